The Kier molecular flexibility index (Phi) is 2.77. The molecule has 0 bridgehead atoms. The van der Waals surface area contributed by atoms with Crippen molar-refractivity contribution in [2.24, 2.45) is 12.5 Å². The van der Waals surface area contributed by atoms with Gasteiger partial charge >= 0.3 is 0 Å². The normalized spacial score (nSPS) is 20.1. The molecule has 0 N–H and O–H groups in total. The van der Waals surface area contributed by atoms with Crippen LogP contribution in [0.15, 0.2) is 6.33 Å². The Morgan fingerprint density at radius 2 is 2.21 bits per heavy atom. The number of hydrogen-bond donors (Lipinski definition) is 0. The fourth-order valence-corrected chi connectivity index (χ4v) is 2.66. The molecule has 3 nitrogen and oxygen atoms in total. The van der Waals surface area contributed by atoms with E-state index in [1.807, 2.05) is 11.7 Å². The molecule has 0 amide bonds. The predicted molar refractivity (Wildman–Crippen MR) is 56.3 cm³/mol. The number of rotatable bonds is 3. The summed E-state index contributed by atoms with van der Waals surface area (Å²) in [6.07, 6.45) is 7.70. The van der Waals surface area contributed by atoms with Crippen molar-refractivity contribution in [3.63, 3.8) is 0 Å². The fourth-order valence-electron chi connectivity index (χ4n) is 2.30. The molecule has 0 saturated heterocycles. The monoisotopic (exact) mass is 213 g/mol. The van der Waals surface area contributed by atoms with Crippen LogP contribution in [0, 0.1) is 5.41 Å². The summed E-state index contributed by atoms with van der Waals surface area (Å²) in [5, 5.41) is 4.09. The van der Waals surface area contributed by atoms with Crippen molar-refractivity contribution in [1.82, 2.24) is 14.8 Å². The van der Waals surface area contributed by atoms with Crippen molar-refractivity contribution in [1.29, 1.82) is 0 Å². The molecule has 1 aromatic rings. The third-order valence-electron chi connectivity index (χ3n) is 3.29. The number of alkyl halides is 1. The minimum Gasteiger partial charge on any atom is -0.253 e. The van der Waals surface area contributed by atoms with Gasteiger partial charge in [-0.3, -0.25) is 4.68 Å². The Labute approximate surface area is 89.5 Å². The summed E-state index contributed by atoms with van der Waals surface area (Å²) < 4.78 is 1.85. The van der Waals surface area contributed by atoms with E-state index in [4.69, 9.17) is 11.6 Å². The summed E-state index contributed by atoms with van der Waals surface area (Å²) in [7, 11) is 1.94. The van der Waals surface area contributed by atoms with Crippen molar-refractivity contribution in [3.8, 4) is 0 Å². The molecule has 0 atom stereocenters. The van der Waals surface area contributed by atoms with Crippen molar-refractivity contribution in [3.05, 3.63) is 12.2 Å². The summed E-state index contributed by atoms with van der Waals surface area (Å²) >= 11 is 6.08. The smallest absolute Gasteiger partial charge is 0.138 e. The third-order valence-corrected chi connectivity index (χ3v) is 3.85. The molecule has 1 aliphatic rings. The van der Waals surface area contributed by atoms with Crippen LogP contribution in [0.3, 0.4) is 0 Å². The van der Waals surface area contributed by atoms with Gasteiger partial charge in [0.1, 0.15) is 12.2 Å². The molecule has 0 aromatic carbocycles. The van der Waals surface area contributed by atoms with E-state index in [0.717, 1.165) is 18.1 Å². The van der Waals surface area contributed by atoms with Gasteiger partial charge in [0.25, 0.3) is 0 Å². The molecular weight excluding hydrogens is 198 g/mol. The van der Waals surface area contributed by atoms with E-state index in [-0.39, 0.29) is 0 Å². The van der Waals surface area contributed by atoms with Crippen LogP contribution in [0.1, 0.15) is 31.5 Å². The van der Waals surface area contributed by atoms with Gasteiger partial charge in [-0.1, -0.05) is 12.8 Å². The van der Waals surface area contributed by atoms with E-state index >= 15 is 0 Å². The van der Waals surface area contributed by atoms with Crippen LogP contribution in [-0.4, -0.2) is 20.6 Å². The summed E-state index contributed by atoms with van der Waals surface area (Å²) in [4.78, 5) is 4.27. The van der Waals surface area contributed by atoms with Crippen LogP contribution in [0.5, 0.6) is 0 Å². The lowest BCUT2D eigenvalue weighted by Crippen LogP contribution is -2.23. The molecule has 14 heavy (non-hydrogen) atoms. The van der Waals surface area contributed by atoms with Crippen molar-refractivity contribution in [2.45, 2.75) is 32.1 Å². The van der Waals surface area contributed by atoms with Crippen molar-refractivity contribution in [2.75, 3.05) is 5.88 Å². The molecule has 1 heterocycles. The van der Waals surface area contributed by atoms with E-state index in [1.165, 1.54) is 25.7 Å². The standard InChI is InChI=1S/C10H16ClN3/c1-14-9(12-8-13-14)6-10(7-11)4-2-3-5-10/h8H,2-7H2,1H3. The zero-order chi connectivity index (χ0) is 10.0. The highest BCUT2D eigenvalue weighted by Gasteiger charge is 2.34. The first-order valence-electron chi connectivity index (χ1n) is 5.15. The number of nitrogens with zero attached hydrogens (tertiary/aromatic N) is 3. The van der Waals surface area contributed by atoms with E-state index < -0.39 is 0 Å². The zero-order valence-corrected chi connectivity index (χ0v) is 9.30. The maximum absolute atomic E-state index is 6.08. The molecule has 0 unspecified atom stereocenters. The Morgan fingerprint density at radius 3 is 2.71 bits per heavy atom. The van der Waals surface area contributed by atoms with E-state index in [0.29, 0.717) is 5.41 Å². The average Bonchev–Trinajstić information content (AvgIpc) is 2.79. The molecule has 4 heteroatoms. The highest BCUT2D eigenvalue weighted by Crippen LogP contribution is 2.41. The number of halogens is 1. The Bertz CT molecular complexity index is 302. The first kappa shape index (κ1) is 9.97. The molecule has 2 rings (SSSR count). The number of aryl methyl sites for hydroxylation is 1. The number of hydrogen-bond acceptors (Lipinski definition) is 2. The Balaban J connectivity index is 2.12. The average molecular weight is 214 g/mol. The largest absolute Gasteiger partial charge is 0.253 e. The first-order chi connectivity index (χ1) is 6.76. The van der Waals surface area contributed by atoms with Gasteiger partial charge in [0.05, 0.1) is 0 Å². The van der Waals surface area contributed by atoms with Gasteiger partial charge in [0.15, 0.2) is 0 Å². The first-order valence-corrected chi connectivity index (χ1v) is 5.68. The van der Waals surface area contributed by atoms with Crippen LogP contribution in [0.2, 0.25) is 0 Å². The second-order valence-electron chi connectivity index (χ2n) is 4.32. The van der Waals surface area contributed by atoms with Crippen LogP contribution < -0.4 is 0 Å². The van der Waals surface area contributed by atoms with Crippen molar-refractivity contribution >= 4 is 11.6 Å². The highest BCUT2D eigenvalue weighted by atomic mass is 35.5. The van der Waals surface area contributed by atoms with Crippen LogP contribution in [0.25, 0.3) is 0 Å². The zero-order valence-electron chi connectivity index (χ0n) is 8.54. The minimum absolute atomic E-state index is 0.294. The molecule has 1 aromatic heterocycles. The predicted octanol–water partition coefficient (Wildman–Crippen LogP) is 2.16. The highest BCUT2D eigenvalue weighted by molar-refractivity contribution is 6.18. The van der Waals surface area contributed by atoms with E-state index in [1.54, 1.807) is 6.33 Å². The quantitative estimate of drug-likeness (QED) is 0.721. The number of aromatic nitrogens is 3. The Hall–Kier alpha value is -0.570. The molecule has 78 valence electrons. The molecule has 0 spiro atoms. The maximum Gasteiger partial charge on any atom is 0.138 e. The summed E-state index contributed by atoms with van der Waals surface area (Å²) in [6.45, 7) is 0. The van der Waals surface area contributed by atoms with Crippen LogP contribution in [-0.2, 0) is 13.5 Å². The van der Waals surface area contributed by atoms with Crippen LogP contribution in [0.4, 0.5) is 0 Å². The lowest BCUT2D eigenvalue weighted by Gasteiger charge is -2.25. The van der Waals surface area contributed by atoms with Gasteiger partial charge in [-0.15, -0.1) is 11.6 Å². The van der Waals surface area contributed by atoms with Gasteiger partial charge in [-0.2, -0.15) is 5.10 Å². The summed E-state index contributed by atoms with van der Waals surface area (Å²) in [5.74, 6) is 1.81. The molecule has 1 aliphatic carbocycles. The summed E-state index contributed by atoms with van der Waals surface area (Å²) in [6, 6.07) is 0. The third kappa shape index (κ3) is 1.78. The molecule has 0 radical (unpaired) electrons. The van der Waals surface area contributed by atoms with Gasteiger partial charge in [0.2, 0.25) is 0 Å². The van der Waals surface area contributed by atoms with Gasteiger partial charge in [0, 0.05) is 19.3 Å². The van der Waals surface area contributed by atoms with E-state index in [9.17, 15) is 0 Å². The van der Waals surface area contributed by atoms with Crippen molar-refractivity contribution < 1.29 is 0 Å². The Morgan fingerprint density at radius 1 is 1.50 bits per heavy atom. The SMILES string of the molecule is Cn1ncnc1CC1(CCl)CCCC1. The second-order valence-corrected chi connectivity index (χ2v) is 4.58. The van der Waals surface area contributed by atoms with Crippen LogP contribution >= 0.6 is 11.6 Å². The molecular formula is C10H16ClN3. The fraction of sp³-hybridized carbons (Fsp3) is 0.800. The second kappa shape index (κ2) is 3.89. The summed E-state index contributed by atoms with van der Waals surface area (Å²) in [5.41, 5.74) is 0.294. The van der Waals surface area contributed by atoms with E-state index in [2.05, 4.69) is 10.1 Å². The molecule has 1 saturated carbocycles. The van der Waals surface area contributed by atoms with Gasteiger partial charge in [-0.05, 0) is 18.3 Å². The lowest BCUT2D eigenvalue weighted by atomic mass is 9.84. The minimum atomic E-state index is 0.294. The lowest BCUT2D eigenvalue weighted by molar-refractivity contribution is 0.328. The van der Waals surface area contributed by atoms with Gasteiger partial charge in [-0.25, -0.2) is 4.98 Å². The van der Waals surface area contributed by atoms with Gasteiger partial charge < -0.3 is 0 Å². The topological polar surface area (TPSA) is 30.7 Å². The molecule has 0 aliphatic heterocycles. The maximum atomic E-state index is 6.08. The molecule has 1 fully saturated rings.